The van der Waals surface area contributed by atoms with Crippen molar-refractivity contribution in [1.82, 2.24) is 4.90 Å². The van der Waals surface area contributed by atoms with E-state index in [2.05, 4.69) is 18.9 Å². The first-order valence-corrected chi connectivity index (χ1v) is 7.22. The van der Waals surface area contributed by atoms with E-state index in [1.54, 1.807) is 0 Å². The zero-order chi connectivity index (χ0) is 12.3. The van der Waals surface area contributed by atoms with E-state index in [-0.39, 0.29) is 5.54 Å². The fourth-order valence-corrected chi connectivity index (χ4v) is 3.65. The second-order valence-corrected chi connectivity index (χ2v) is 5.97. The second-order valence-electron chi connectivity index (χ2n) is 5.97. The summed E-state index contributed by atoms with van der Waals surface area (Å²) >= 11 is 0. The number of hydrogen-bond acceptors (Lipinski definition) is 3. The van der Waals surface area contributed by atoms with E-state index in [0.717, 1.165) is 32.0 Å². The summed E-state index contributed by atoms with van der Waals surface area (Å²) in [5.41, 5.74) is 6.30. The van der Waals surface area contributed by atoms with Crippen molar-refractivity contribution in [3.05, 3.63) is 0 Å². The lowest BCUT2D eigenvalue weighted by Gasteiger charge is -2.50. The Hall–Kier alpha value is -0.120. The molecule has 3 nitrogen and oxygen atoms in total. The average molecular weight is 240 g/mol. The van der Waals surface area contributed by atoms with Crippen LogP contribution in [0.1, 0.15) is 51.9 Å². The number of rotatable bonds is 3. The van der Waals surface area contributed by atoms with Gasteiger partial charge in [-0.2, -0.15) is 0 Å². The van der Waals surface area contributed by atoms with Crippen molar-refractivity contribution in [2.45, 2.75) is 69.6 Å². The number of nitrogens with two attached hydrogens (primary N) is 1. The third-order valence-corrected chi connectivity index (χ3v) is 4.89. The molecule has 3 heteroatoms. The Balaban J connectivity index is 2.04. The molecule has 2 N–H and O–H groups in total. The van der Waals surface area contributed by atoms with Gasteiger partial charge in [-0.3, -0.25) is 4.90 Å². The highest BCUT2D eigenvalue weighted by Gasteiger charge is 2.40. The number of nitrogens with zero attached hydrogens (tertiary/aromatic N) is 1. The summed E-state index contributed by atoms with van der Waals surface area (Å²) in [6, 6.07) is 0.748. The molecule has 1 aliphatic heterocycles. The molecule has 0 spiro atoms. The molecule has 0 aromatic heterocycles. The van der Waals surface area contributed by atoms with Crippen LogP contribution in [0.2, 0.25) is 0 Å². The lowest BCUT2D eigenvalue weighted by Crippen LogP contribution is -2.60. The van der Waals surface area contributed by atoms with Gasteiger partial charge in [0.2, 0.25) is 0 Å². The Bertz CT molecular complexity index is 240. The summed E-state index contributed by atoms with van der Waals surface area (Å²) in [5, 5.41) is 0. The molecule has 0 bridgehead atoms. The van der Waals surface area contributed by atoms with Crippen LogP contribution in [0.3, 0.4) is 0 Å². The first-order chi connectivity index (χ1) is 8.18. The van der Waals surface area contributed by atoms with Crippen molar-refractivity contribution in [3.63, 3.8) is 0 Å². The van der Waals surface area contributed by atoms with E-state index < -0.39 is 0 Å². The Morgan fingerprint density at radius 2 is 2.00 bits per heavy atom. The Morgan fingerprint density at radius 1 is 1.29 bits per heavy atom. The predicted octanol–water partition coefficient (Wildman–Crippen LogP) is 2.15. The molecule has 17 heavy (non-hydrogen) atoms. The summed E-state index contributed by atoms with van der Waals surface area (Å²) in [6.07, 6.45) is 9.46. The van der Waals surface area contributed by atoms with Crippen molar-refractivity contribution in [1.29, 1.82) is 0 Å². The molecule has 2 atom stereocenters. The molecule has 0 radical (unpaired) electrons. The van der Waals surface area contributed by atoms with E-state index in [1.807, 2.05) is 0 Å². The van der Waals surface area contributed by atoms with Crippen LogP contribution < -0.4 is 5.73 Å². The van der Waals surface area contributed by atoms with Crippen LogP contribution in [0, 0.1) is 0 Å². The van der Waals surface area contributed by atoms with Crippen LogP contribution in [0.4, 0.5) is 0 Å². The summed E-state index contributed by atoms with van der Waals surface area (Å²) in [4.78, 5) is 2.60. The van der Waals surface area contributed by atoms with Gasteiger partial charge >= 0.3 is 0 Å². The predicted molar refractivity (Wildman–Crippen MR) is 71.1 cm³/mol. The van der Waals surface area contributed by atoms with E-state index >= 15 is 0 Å². The van der Waals surface area contributed by atoms with Gasteiger partial charge in [0.25, 0.3) is 0 Å². The fourth-order valence-electron chi connectivity index (χ4n) is 3.65. The molecule has 100 valence electrons. The van der Waals surface area contributed by atoms with E-state index in [4.69, 9.17) is 10.5 Å². The average Bonchev–Trinajstić information content (AvgIpc) is 2.38. The van der Waals surface area contributed by atoms with Crippen LogP contribution in [0.25, 0.3) is 0 Å². The molecule has 2 aliphatic rings. The lowest BCUT2D eigenvalue weighted by atomic mass is 9.82. The topological polar surface area (TPSA) is 38.5 Å². The zero-order valence-corrected chi connectivity index (χ0v) is 11.5. The number of hydrogen-bond donors (Lipinski definition) is 1. The van der Waals surface area contributed by atoms with Gasteiger partial charge in [0.1, 0.15) is 0 Å². The normalized spacial score (nSPS) is 36.4. The van der Waals surface area contributed by atoms with Gasteiger partial charge in [0.05, 0.1) is 6.10 Å². The molecular weight excluding hydrogens is 212 g/mol. The van der Waals surface area contributed by atoms with Crippen molar-refractivity contribution in [2.24, 2.45) is 5.73 Å². The second kappa shape index (κ2) is 5.68. The minimum atomic E-state index is 0.194. The first-order valence-electron chi connectivity index (χ1n) is 7.22. The van der Waals surface area contributed by atoms with Crippen LogP contribution in [-0.2, 0) is 4.74 Å². The quantitative estimate of drug-likeness (QED) is 0.821. The minimum absolute atomic E-state index is 0.194. The SMILES string of the molecule is CC1CC(CN)(N(C)C2CCCCC2)CCO1. The van der Waals surface area contributed by atoms with E-state index in [0.29, 0.717) is 6.10 Å². The third-order valence-electron chi connectivity index (χ3n) is 4.89. The van der Waals surface area contributed by atoms with Gasteiger partial charge in [0, 0.05) is 24.7 Å². The molecule has 2 unspecified atom stereocenters. The first kappa shape index (κ1) is 13.3. The summed E-state index contributed by atoms with van der Waals surface area (Å²) in [6.45, 7) is 3.82. The van der Waals surface area contributed by atoms with Gasteiger partial charge in [-0.1, -0.05) is 19.3 Å². The van der Waals surface area contributed by atoms with Crippen LogP contribution in [0.5, 0.6) is 0 Å². The van der Waals surface area contributed by atoms with Gasteiger partial charge in [-0.15, -0.1) is 0 Å². The van der Waals surface area contributed by atoms with Crippen molar-refractivity contribution < 1.29 is 4.74 Å². The van der Waals surface area contributed by atoms with E-state index in [9.17, 15) is 0 Å². The Morgan fingerprint density at radius 3 is 2.59 bits per heavy atom. The molecule has 2 rings (SSSR count). The van der Waals surface area contributed by atoms with Gasteiger partial charge in [-0.05, 0) is 39.7 Å². The molecule has 2 fully saturated rings. The van der Waals surface area contributed by atoms with Crippen molar-refractivity contribution in [2.75, 3.05) is 20.2 Å². The summed E-state index contributed by atoms with van der Waals surface area (Å²) < 4.78 is 5.69. The summed E-state index contributed by atoms with van der Waals surface area (Å²) in [5.74, 6) is 0. The highest BCUT2D eigenvalue weighted by Crippen LogP contribution is 2.34. The fraction of sp³-hybridized carbons (Fsp3) is 1.00. The largest absolute Gasteiger partial charge is 0.378 e. The molecule has 1 saturated carbocycles. The highest BCUT2D eigenvalue weighted by atomic mass is 16.5. The third kappa shape index (κ3) is 2.83. The van der Waals surface area contributed by atoms with Crippen molar-refractivity contribution in [3.8, 4) is 0 Å². The molecule has 1 aliphatic carbocycles. The lowest BCUT2D eigenvalue weighted by molar-refractivity contribution is -0.0719. The van der Waals surface area contributed by atoms with Gasteiger partial charge < -0.3 is 10.5 Å². The Kier molecular flexibility index (Phi) is 4.45. The zero-order valence-electron chi connectivity index (χ0n) is 11.5. The molecule has 0 amide bonds. The summed E-state index contributed by atoms with van der Waals surface area (Å²) in [7, 11) is 2.29. The number of ether oxygens (including phenoxy) is 1. The minimum Gasteiger partial charge on any atom is -0.378 e. The molecular formula is C14H28N2O. The molecule has 1 heterocycles. The maximum absolute atomic E-state index is 6.11. The van der Waals surface area contributed by atoms with E-state index in [1.165, 1.54) is 32.1 Å². The monoisotopic (exact) mass is 240 g/mol. The van der Waals surface area contributed by atoms with Crippen LogP contribution >= 0.6 is 0 Å². The number of likely N-dealkylation sites (N-methyl/N-ethyl adjacent to an activating group) is 1. The van der Waals surface area contributed by atoms with Crippen LogP contribution in [0.15, 0.2) is 0 Å². The highest BCUT2D eigenvalue weighted by molar-refractivity contribution is 4.97. The maximum atomic E-state index is 6.11. The van der Waals surface area contributed by atoms with Gasteiger partial charge in [0.15, 0.2) is 0 Å². The molecule has 0 aromatic rings. The maximum Gasteiger partial charge on any atom is 0.0565 e. The molecule has 0 aromatic carbocycles. The smallest absolute Gasteiger partial charge is 0.0565 e. The van der Waals surface area contributed by atoms with Crippen LogP contribution in [-0.4, -0.2) is 42.8 Å². The molecule has 1 saturated heterocycles. The van der Waals surface area contributed by atoms with Gasteiger partial charge in [-0.25, -0.2) is 0 Å². The Labute approximate surface area is 106 Å². The standard InChI is InChI=1S/C14H28N2O/c1-12-10-14(11-15,8-9-17-12)16(2)13-6-4-3-5-7-13/h12-13H,3-11,15H2,1-2H3. The van der Waals surface area contributed by atoms with Crippen molar-refractivity contribution >= 4 is 0 Å².